The second-order valence-corrected chi connectivity index (χ2v) is 5.50. The molecule has 0 atom stereocenters. The van der Waals surface area contributed by atoms with Gasteiger partial charge in [0.1, 0.15) is 5.76 Å². The SMILES string of the molecule is CCCCCCCCc1cc2cscc2c(=O)o1. The molecule has 0 saturated carbocycles. The normalized spacial score (nSPS) is 11.2. The predicted octanol–water partition coefficient (Wildman–Crippen LogP) is 4.76. The zero-order chi connectivity index (χ0) is 12.8. The standard InChI is InChI=1S/C15H20O2S/c1-2-3-4-5-6-7-8-13-9-12-10-18-11-14(12)15(16)17-13/h9-11H,2-8H2,1H3. The van der Waals surface area contributed by atoms with Crippen LogP contribution >= 0.6 is 11.3 Å². The number of hydrogen-bond donors (Lipinski definition) is 0. The lowest BCUT2D eigenvalue weighted by molar-refractivity contribution is 0.455. The van der Waals surface area contributed by atoms with Crippen LogP contribution in [0.1, 0.15) is 51.2 Å². The monoisotopic (exact) mass is 264 g/mol. The molecule has 0 amide bonds. The first-order valence-electron chi connectivity index (χ1n) is 6.80. The summed E-state index contributed by atoms with van der Waals surface area (Å²) in [5, 5.41) is 5.61. The first kappa shape index (κ1) is 13.3. The van der Waals surface area contributed by atoms with E-state index in [-0.39, 0.29) is 5.63 Å². The van der Waals surface area contributed by atoms with Crippen molar-refractivity contribution in [3.8, 4) is 0 Å². The van der Waals surface area contributed by atoms with Gasteiger partial charge >= 0.3 is 5.63 Å². The molecule has 0 spiro atoms. The Labute approximate surface area is 112 Å². The van der Waals surface area contributed by atoms with Gasteiger partial charge in [-0.3, -0.25) is 0 Å². The molecule has 2 nitrogen and oxygen atoms in total. The molecule has 0 bridgehead atoms. The van der Waals surface area contributed by atoms with Crippen molar-refractivity contribution < 1.29 is 4.42 Å². The van der Waals surface area contributed by atoms with Crippen molar-refractivity contribution in [2.75, 3.05) is 0 Å². The van der Waals surface area contributed by atoms with E-state index < -0.39 is 0 Å². The highest BCUT2D eigenvalue weighted by Gasteiger charge is 2.04. The molecule has 2 aromatic heterocycles. The van der Waals surface area contributed by atoms with E-state index in [9.17, 15) is 4.79 Å². The van der Waals surface area contributed by atoms with Crippen LogP contribution in [0.25, 0.3) is 10.8 Å². The van der Waals surface area contributed by atoms with Gasteiger partial charge in [-0.15, -0.1) is 0 Å². The van der Waals surface area contributed by atoms with Gasteiger partial charge < -0.3 is 4.42 Å². The fraction of sp³-hybridized carbons (Fsp3) is 0.533. The topological polar surface area (TPSA) is 30.2 Å². The van der Waals surface area contributed by atoms with E-state index >= 15 is 0 Å². The molecule has 0 aliphatic rings. The van der Waals surface area contributed by atoms with Crippen molar-refractivity contribution in [2.45, 2.75) is 51.9 Å². The number of unbranched alkanes of at least 4 members (excludes halogenated alkanes) is 5. The third-order valence-electron chi connectivity index (χ3n) is 3.23. The van der Waals surface area contributed by atoms with Crippen LogP contribution in [0.3, 0.4) is 0 Å². The largest absolute Gasteiger partial charge is 0.427 e. The number of fused-ring (bicyclic) bond motifs is 1. The fourth-order valence-corrected chi connectivity index (χ4v) is 2.94. The van der Waals surface area contributed by atoms with E-state index in [1.807, 2.05) is 16.8 Å². The van der Waals surface area contributed by atoms with E-state index in [0.717, 1.165) is 24.0 Å². The first-order valence-corrected chi connectivity index (χ1v) is 7.74. The van der Waals surface area contributed by atoms with Crippen LogP contribution in [-0.2, 0) is 6.42 Å². The van der Waals surface area contributed by atoms with Gasteiger partial charge in [0.05, 0.1) is 5.39 Å². The van der Waals surface area contributed by atoms with E-state index in [1.165, 1.54) is 32.1 Å². The summed E-state index contributed by atoms with van der Waals surface area (Å²) in [6.07, 6.45) is 8.45. The maximum Gasteiger partial charge on any atom is 0.344 e. The van der Waals surface area contributed by atoms with E-state index in [4.69, 9.17) is 4.42 Å². The summed E-state index contributed by atoms with van der Waals surface area (Å²) < 4.78 is 5.33. The highest BCUT2D eigenvalue weighted by molar-refractivity contribution is 7.09. The molecule has 3 heteroatoms. The summed E-state index contributed by atoms with van der Waals surface area (Å²) >= 11 is 1.55. The zero-order valence-electron chi connectivity index (χ0n) is 10.9. The molecule has 0 unspecified atom stereocenters. The fourth-order valence-electron chi connectivity index (χ4n) is 2.16. The molecule has 2 aromatic rings. The summed E-state index contributed by atoms with van der Waals surface area (Å²) in [5.41, 5.74) is -0.185. The quantitative estimate of drug-likeness (QED) is 0.675. The molecule has 0 saturated heterocycles. The Morgan fingerprint density at radius 1 is 1.11 bits per heavy atom. The summed E-state index contributed by atoms with van der Waals surface area (Å²) in [5.74, 6) is 0.835. The van der Waals surface area contributed by atoms with Crippen LogP contribution < -0.4 is 5.63 Å². The van der Waals surface area contributed by atoms with Crippen molar-refractivity contribution in [2.24, 2.45) is 0 Å². The lowest BCUT2D eigenvalue weighted by atomic mass is 10.1. The zero-order valence-corrected chi connectivity index (χ0v) is 11.7. The lowest BCUT2D eigenvalue weighted by Gasteiger charge is -2.01. The van der Waals surface area contributed by atoms with Gasteiger partial charge in [0.25, 0.3) is 0 Å². The summed E-state index contributed by atoms with van der Waals surface area (Å²) in [7, 11) is 0. The summed E-state index contributed by atoms with van der Waals surface area (Å²) in [6.45, 7) is 2.23. The van der Waals surface area contributed by atoms with Crippen LogP contribution in [-0.4, -0.2) is 0 Å². The maximum atomic E-state index is 11.7. The number of hydrogen-bond acceptors (Lipinski definition) is 3. The van der Waals surface area contributed by atoms with E-state index in [2.05, 4.69) is 6.92 Å². The Morgan fingerprint density at radius 3 is 2.72 bits per heavy atom. The molecule has 0 radical (unpaired) electrons. The first-order chi connectivity index (χ1) is 8.81. The predicted molar refractivity (Wildman–Crippen MR) is 77.4 cm³/mol. The average molecular weight is 264 g/mol. The minimum atomic E-state index is -0.185. The third-order valence-corrected chi connectivity index (χ3v) is 3.99. The van der Waals surface area contributed by atoms with Crippen LogP contribution in [0.2, 0.25) is 0 Å². The van der Waals surface area contributed by atoms with Gasteiger partial charge in [-0.25, -0.2) is 4.79 Å². The minimum Gasteiger partial charge on any atom is -0.427 e. The molecule has 2 heterocycles. The Hall–Kier alpha value is -1.09. The van der Waals surface area contributed by atoms with Gasteiger partial charge in [0.15, 0.2) is 0 Å². The molecular formula is C15H20O2S. The van der Waals surface area contributed by atoms with Gasteiger partial charge in [-0.2, -0.15) is 11.3 Å². The Bertz CT molecular complexity index is 539. The molecular weight excluding hydrogens is 244 g/mol. The number of aryl methyl sites for hydroxylation is 1. The Kier molecular flexibility index (Phi) is 5.00. The summed E-state index contributed by atoms with van der Waals surface area (Å²) in [4.78, 5) is 11.7. The second-order valence-electron chi connectivity index (χ2n) is 4.76. The lowest BCUT2D eigenvalue weighted by Crippen LogP contribution is -2.00. The van der Waals surface area contributed by atoms with Crippen LogP contribution in [0.5, 0.6) is 0 Å². The van der Waals surface area contributed by atoms with Crippen LogP contribution in [0.4, 0.5) is 0 Å². The van der Waals surface area contributed by atoms with Crippen molar-refractivity contribution in [1.82, 2.24) is 0 Å². The van der Waals surface area contributed by atoms with Gasteiger partial charge in [-0.1, -0.05) is 39.0 Å². The van der Waals surface area contributed by atoms with E-state index in [0.29, 0.717) is 5.39 Å². The van der Waals surface area contributed by atoms with E-state index in [1.54, 1.807) is 11.3 Å². The van der Waals surface area contributed by atoms with Crippen molar-refractivity contribution >= 4 is 22.1 Å². The minimum absolute atomic E-state index is 0.185. The Morgan fingerprint density at radius 2 is 1.89 bits per heavy atom. The average Bonchev–Trinajstić information content (AvgIpc) is 2.82. The molecule has 0 fully saturated rings. The van der Waals surface area contributed by atoms with Gasteiger partial charge in [0, 0.05) is 17.2 Å². The number of rotatable bonds is 7. The third kappa shape index (κ3) is 3.45. The molecule has 2 rings (SSSR count). The molecule has 18 heavy (non-hydrogen) atoms. The van der Waals surface area contributed by atoms with Gasteiger partial charge in [-0.05, 0) is 17.9 Å². The smallest absolute Gasteiger partial charge is 0.344 e. The molecule has 0 aliphatic heterocycles. The summed E-state index contributed by atoms with van der Waals surface area (Å²) in [6, 6.07) is 2.01. The molecule has 0 aliphatic carbocycles. The van der Waals surface area contributed by atoms with Crippen LogP contribution in [0, 0.1) is 0 Å². The van der Waals surface area contributed by atoms with Crippen molar-refractivity contribution in [3.05, 3.63) is 33.0 Å². The second kappa shape index (κ2) is 6.74. The van der Waals surface area contributed by atoms with Crippen LogP contribution in [0.15, 0.2) is 26.0 Å². The highest BCUT2D eigenvalue weighted by atomic mass is 32.1. The number of thiophene rings is 1. The maximum absolute atomic E-state index is 11.7. The molecule has 0 aromatic carbocycles. The van der Waals surface area contributed by atoms with Crippen molar-refractivity contribution in [1.29, 1.82) is 0 Å². The highest BCUT2D eigenvalue weighted by Crippen LogP contribution is 2.18. The van der Waals surface area contributed by atoms with Crippen molar-refractivity contribution in [3.63, 3.8) is 0 Å². The molecule has 98 valence electrons. The Balaban J connectivity index is 1.86. The van der Waals surface area contributed by atoms with Gasteiger partial charge in [0.2, 0.25) is 0 Å². The molecule has 0 N–H and O–H groups in total.